The van der Waals surface area contributed by atoms with Crippen molar-refractivity contribution in [3.05, 3.63) is 195 Å². The smallest absolute Gasteiger partial charge is 0.408 e. The number of nitrogens with two attached hydrogens (primary N) is 2. The Labute approximate surface area is 508 Å². The van der Waals surface area contributed by atoms with Crippen LogP contribution in [0, 0.1) is 18.8 Å². The maximum absolute atomic E-state index is 12.7. The summed E-state index contributed by atoms with van der Waals surface area (Å²) in [6.07, 6.45) is 1.59. The summed E-state index contributed by atoms with van der Waals surface area (Å²) in [6, 6.07) is 39.1. The molecule has 0 saturated heterocycles. The predicted molar refractivity (Wildman–Crippen MR) is 336 cm³/mol. The molecule has 2 unspecified atom stereocenters. The average Bonchev–Trinajstić information content (AvgIpc) is 2.51. The quantitative estimate of drug-likeness (QED) is 0.0175. The molecule has 2 atom stereocenters. The van der Waals surface area contributed by atoms with Crippen molar-refractivity contribution < 1.29 is 47.8 Å². The fourth-order valence-electron chi connectivity index (χ4n) is 7.10. The second-order valence-corrected chi connectivity index (χ2v) is 22.5. The SMILES string of the molecule is C/C(N)=C/C(=O)NCc1ccccc1.C/C(N)=C/C(=O)NCc1ccccc1.CC(=O)CC(=O)NCc1ccccc1.CCOC(=O)C(NC(=O)OC(C)(C)C)C(C)C.Cc1cc(=O)n(Cc2ccccc2)c(C(NC(=O)OC(C)(C)C)C(C)C)n1. The Hall–Kier alpha value is -9.07. The third kappa shape index (κ3) is 35.8. The largest absolute Gasteiger partial charge is 0.464 e. The number of carbonyl (C=O) groups excluding carboxylic acids is 7. The molecule has 9 N–H and O–H groups in total. The van der Waals surface area contributed by atoms with Gasteiger partial charge < -0.3 is 52.3 Å². The summed E-state index contributed by atoms with van der Waals surface area (Å²) in [5.74, 6) is -0.590. The number of Topliss-reactive ketones (excluding diaryl/α,β-unsaturated/α-hetero) is 1. The maximum Gasteiger partial charge on any atom is 0.408 e. The minimum Gasteiger partial charge on any atom is -0.464 e. The normalized spacial score (nSPS) is 11.7. The number of nitrogens with one attached hydrogen (secondary N) is 5. The van der Waals surface area contributed by atoms with Gasteiger partial charge in [0, 0.05) is 54.9 Å². The first-order chi connectivity index (χ1) is 40.3. The molecule has 1 aromatic heterocycles. The maximum atomic E-state index is 12.7. The van der Waals surface area contributed by atoms with Crippen LogP contribution in [0.1, 0.15) is 143 Å². The van der Waals surface area contributed by atoms with Gasteiger partial charge in [-0.05, 0) is 110 Å². The van der Waals surface area contributed by atoms with E-state index >= 15 is 0 Å². The van der Waals surface area contributed by atoms with Crippen LogP contribution in [-0.4, -0.2) is 75.1 Å². The Morgan fingerprint density at radius 2 is 0.965 bits per heavy atom. The van der Waals surface area contributed by atoms with Gasteiger partial charge in [0.05, 0.1) is 25.6 Å². The van der Waals surface area contributed by atoms with Crippen molar-refractivity contribution in [1.82, 2.24) is 36.1 Å². The molecule has 0 fully saturated rings. The van der Waals surface area contributed by atoms with E-state index in [2.05, 4.69) is 31.6 Å². The number of benzene rings is 4. The van der Waals surface area contributed by atoms with E-state index in [4.69, 9.17) is 25.7 Å². The van der Waals surface area contributed by atoms with Crippen molar-refractivity contribution in [3.63, 3.8) is 0 Å². The lowest BCUT2D eigenvalue weighted by molar-refractivity contribution is -0.146. The number of nitrogens with zero attached hydrogens (tertiary/aromatic N) is 2. The molecule has 0 aliphatic carbocycles. The van der Waals surface area contributed by atoms with Crippen LogP contribution in [0.4, 0.5) is 9.59 Å². The van der Waals surface area contributed by atoms with Crippen LogP contribution in [0.15, 0.2) is 156 Å². The number of aryl methyl sites for hydroxylation is 1. The summed E-state index contributed by atoms with van der Waals surface area (Å²) in [5, 5.41) is 13.5. The van der Waals surface area contributed by atoms with E-state index in [-0.39, 0.29) is 53.9 Å². The van der Waals surface area contributed by atoms with E-state index in [9.17, 15) is 38.4 Å². The van der Waals surface area contributed by atoms with E-state index < -0.39 is 41.4 Å². The molecule has 86 heavy (non-hydrogen) atoms. The summed E-state index contributed by atoms with van der Waals surface area (Å²) >= 11 is 0. The number of ether oxygens (including phenoxy) is 3. The topological polar surface area (TPSA) is 294 Å². The molecule has 0 radical (unpaired) electrons. The molecule has 5 aromatic rings. The zero-order valence-corrected chi connectivity index (χ0v) is 52.9. The molecule has 0 aliphatic rings. The molecule has 5 amide bonds. The van der Waals surface area contributed by atoms with Crippen molar-refractivity contribution in [2.45, 2.75) is 160 Å². The van der Waals surface area contributed by atoms with Gasteiger partial charge in [0.25, 0.3) is 5.56 Å². The van der Waals surface area contributed by atoms with Gasteiger partial charge in [-0.3, -0.25) is 28.5 Å². The number of amides is 5. The highest BCUT2D eigenvalue weighted by Crippen LogP contribution is 2.22. The highest BCUT2D eigenvalue weighted by Gasteiger charge is 2.29. The van der Waals surface area contributed by atoms with Gasteiger partial charge in [-0.15, -0.1) is 0 Å². The molecule has 1 heterocycles. The van der Waals surface area contributed by atoms with Crippen LogP contribution in [0.3, 0.4) is 0 Å². The second-order valence-electron chi connectivity index (χ2n) is 22.5. The van der Waals surface area contributed by atoms with Crippen molar-refractivity contribution in [2.75, 3.05) is 6.61 Å². The first-order valence-electron chi connectivity index (χ1n) is 28.4. The highest BCUT2D eigenvalue weighted by molar-refractivity contribution is 5.96. The van der Waals surface area contributed by atoms with Gasteiger partial charge in [-0.1, -0.05) is 149 Å². The fraction of sp³-hybridized carbons (Fsp3) is 0.409. The molecular formula is C66H93N9O11. The standard InChI is InChI=1S/C21H29N3O3.C12H23NO4.2C11H14N2O.C11H13NO2/c1-14(2)18(23-20(26)27-21(4,5)6)19-22-15(3)12-17(25)24(19)13-16-10-8-7-9-11-16;1-7-16-10(14)9(8(2)3)13-11(15)17-12(4,5)6;2*1-9(12)7-11(14)13-8-10-5-3-2-4-6-10;1-9(13)7-11(14)12-8-10-5-3-2-4-6-10/h7-12,14,18H,13H2,1-6H3,(H,23,26);8-9H,7H2,1-6H3,(H,13,15);2*2-7H,8,12H2,1H3,(H,13,14);2-6H,7-8H2,1H3,(H,12,14)/b;;2*9-7-;. The lowest BCUT2D eigenvalue weighted by Crippen LogP contribution is -2.47. The minimum atomic E-state index is -0.676. The van der Waals surface area contributed by atoms with Crippen LogP contribution in [0.2, 0.25) is 0 Å². The third-order valence-electron chi connectivity index (χ3n) is 10.9. The van der Waals surface area contributed by atoms with Crippen LogP contribution in [-0.2, 0) is 64.4 Å². The Balaban J connectivity index is 0.000000555. The molecule has 468 valence electrons. The molecule has 20 nitrogen and oxygen atoms in total. The van der Waals surface area contributed by atoms with Crippen molar-refractivity contribution in [3.8, 4) is 0 Å². The van der Waals surface area contributed by atoms with Crippen LogP contribution in [0.5, 0.6) is 0 Å². The van der Waals surface area contributed by atoms with Gasteiger partial charge in [0.15, 0.2) is 0 Å². The first-order valence-corrected chi connectivity index (χ1v) is 28.4. The average molecular weight is 1190 g/mol. The Bertz CT molecular complexity index is 2910. The van der Waals surface area contributed by atoms with E-state index in [1.165, 1.54) is 25.1 Å². The zero-order chi connectivity index (χ0) is 65.0. The van der Waals surface area contributed by atoms with E-state index in [0.717, 1.165) is 22.3 Å². The van der Waals surface area contributed by atoms with E-state index in [1.807, 2.05) is 170 Å². The number of hydrogen-bond donors (Lipinski definition) is 7. The number of rotatable bonds is 19. The van der Waals surface area contributed by atoms with Crippen molar-refractivity contribution in [2.24, 2.45) is 23.3 Å². The number of esters is 1. The fourth-order valence-corrected chi connectivity index (χ4v) is 7.10. The number of allylic oxidation sites excluding steroid dienone is 2. The molecule has 0 bridgehead atoms. The lowest BCUT2D eigenvalue weighted by Gasteiger charge is -2.27. The molecule has 0 saturated carbocycles. The van der Waals surface area contributed by atoms with Gasteiger partial charge in [0.1, 0.15) is 28.9 Å². The van der Waals surface area contributed by atoms with Crippen LogP contribution >= 0.6 is 0 Å². The molecule has 20 heteroatoms. The number of aromatic nitrogens is 2. The molecule has 0 aliphatic heterocycles. The minimum absolute atomic E-state index is 0.0215. The zero-order valence-electron chi connectivity index (χ0n) is 52.9. The monoisotopic (exact) mass is 1190 g/mol. The number of ketones is 1. The summed E-state index contributed by atoms with van der Waals surface area (Å²) in [5.41, 5.74) is 15.2. The van der Waals surface area contributed by atoms with E-state index in [0.29, 0.717) is 49.1 Å². The van der Waals surface area contributed by atoms with Gasteiger partial charge >= 0.3 is 18.2 Å². The Morgan fingerprint density at radius 1 is 0.581 bits per heavy atom. The van der Waals surface area contributed by atoms with Gasteiger partial charge in [-0.2, -0.15) is 0 Å². The highest BCUT2D eigenvalue weighted by atomic mass is 16.6. The summed E-state index contributed by atoms with van der Waals surface area (Å²) in [7, 11) is 0. The number of alkyl carbamates (subject to hydrolysis) is 2. The van der Waals surface area contributed by atoms with Crippen molar-refractivity contribution >= 4 is 41.7 Å². The summed E-state index contributed by atoms with van der Waals surface area (Å²) < 4.78 is 17.0. The molecule has 5 rings (SSSR count). The Kier molecular flexibility index (Phi) is 34.4. The van der Waals surface area contributed by atoms with Crippen molar-refractivity contribution in [1.29, 1.82) is 0 Å². The van der Waals surface area contributed by atoms with Gasteiger partial charge in [-0.25, -0.2) is 19.4 Å². The molecule has 4 aromatic carbocycles. The lowest BCUT2D eigenvalue weighted by atomic mass is 10.0. The third-order valence-corrected chi connectivity index (χ3v) is 10.9. The summed E-state index contributed by atoms with van der Waals surface area (Å²) in [4.78, 5) is 96.8. The number of carbonyl (C=O) groups is 7. The number of hydrogen-bond acceptors (Lipinski definition) is 14. The van der Waals surface area contributed by atoms with E-state index in [1.54, 1.807) is 53.0 Å². The van der Waals surface area contributed by atoms with Crippen LogP contribution < -0.4 is 43.6 Å². The molecular weight excluding hydrogens is 1090 g/mol. The van der Waals surface area contributed by atoms with Gasteiger partial charge in [0.2, 0.25) is 17.7 Å². The summed E-state index contributed by atoms with van der Waals surface area (Å²) in [6.45, 7) is 28.8. The molecule has 0 spiro atoms. The predicted octanol–water partition coefficient (Wildman–Crippen LogP) is 9.53. The Morgan fingerprint density at radius 3 is 1.31 bits per heavy atom. The first kappa shape index (κ1) is 74.9. The second kappa shape index (κ2) is 39.5. The van der Waals surface area contributed by atoms with Crippen LogP contribution in [0.25, 0.3) is 0 Å².